The standard InChI is InChI=1S/C17H26N2O4/c1-5-9-22-16(20)18-14(6-2)11-23-17(21)19-15-10-12(3)7-8-13(15)4/h7-8,10,14H,5-6,9,11H2,1-4H3,(H,18,20)(H,19,21)/t14-/m0/s1. The molecule has 0 aliphatic heterocycles. The fraction of sp³-hybridized carbons (Fsp3) is 0.529. The first-order valence-corrected chi connectivity index (χ1v) is 7.90. The Morgan fingerprint density at radius 3 is 2.52 bits per heavy atom. The summed E-state index contributed by atoms with van der Waals surface area (Å²) in [6.45, 7) is 8.15. The number of anilines is 1. The molecule has 0 heterocycles. The first kappa shape index (κ1) is 18.8. The zero-order valence-corrected chi connectivity index (χ0v) is 14.3. The van der Waals surface area contributed by atoms with Crippen LogP contribution in [0.1, 0.15) is 37.8 Å². The Kier molecular flexibility index (Phi) is 7.94. The summed E-state index contributed by atoms with van der Waals surface area (Å²) in [5.74, 6) is 0. The van der Waals surface area contributed by atoms with Gasteiger partial charge in [-0.05, 0) is 43.9 Å². The number of rotatable bonds is 7. The molecule has 0 radical (unpaired) electrons. The summed E-state index contributed by atoms with van der Waals surface area (Å²) in [5, 5.41) is 5.39. The Morgan fingerprint density at radius 2 is 1.87 bits per heavy atom. The second kappa shape index (κ2) is 9.71. The molecule has 1 atom stereocenters. The van der Waals surface area contributed by atoms with Crippen molar-refractivity contribution in [3.63, 3.8) is 0 Å². The molecule has 0 aromatic heterocycles. The van der Waals surface area contributed by atoms with E-state index in [2.05, 4.69) is 10.6 Å². The number of nitrogens with one attached hydrogen (secondary N) is 2. The number of aryl methyl sites for hydroxylation is 2. The van der Waals surface area contributed by atoms with Gasteiger partial charge in [0.2, 0.25) is 0 Å². The highest BCUT2D eigenvalue weighted by atomic mass is 16.6. The number of hydrogen-bond acceptors (Lipinski definition) is 4. The van der Waals surface area contributed by atoms with E-state index >= 15 is 0 Å². The first-order valence-electron chi connectivity index (χ1n) is 7.90. The van der Waals surface area contributed by atoms with Crippen LogP contribution >= 0.6 is 0 Å². The second-order valence-corrected chi connectivity index (χ2v) is 5.43. The first-order chi connectivity index (χ1) is 11.0. The van der Waals surface area contributed by atoms with E-state index in [0.717, 1.165) is 23.2 Å². The molecule has 1 aromatic carbocycles. The SMILES string of the molecule is CCCOC(=O)N[C@@H](CC)COC(=O)Nc1cc(C)ccc1C. The van der Waals surface area contributed by atoms with E-state index in [1.165, 1.54) is 0 Å². The van der Waals surface area contributed by atoms with E-state index in [4.69, 9.17) is 9.47 Å². The van der Waals surface area contributed by atoms with E-state index in [9.17, 15) is 9.59 Å². The van der Waals surface area contributed by atoms with Gasteiger partial charge in [0.05, 0.1) is 12.6 Å². The van der Waals surface area contributed by atoms with Crippen molar-refractivity contribution in [2.45, 2.75) is 46.6 Å². The van der Waals surface area contributed by atoms with Gasteiger partial charge in [0, 0.05) is 5.69 Å². The minimum absolute atomic E-state index is 0.0917. The fourth-order valence-electron chi connectivity index (χ4n) is 1.86. The Balaban J connectivity index is 2.44. The van der Waals surface area contributed by atoms with Crippen molar-refractivity contribution in [1.82, 2.24) is 5.32 Å². The molecule has 0 saturated heterocycles. The molecule has 128 valence electrons. The maximum atomic E-state index is 11.9. The van der Waals surface area contributed by atoms with E-state index in [1.54, 1.807) is 0 Å². The van der Waals surface area contributed by atoms with Crippen LogP contribution in [0.15, 0.2) is 18.2 Å². The predicted octanol–water partition coefficient (Wildman–Crippen LogP) is 3.77. The van der Waals surface area contributed by atoms with Crippen molar-refractivity contribution in [2.75, 3.05) is 18.5 Å². The van der Waals surface area contributed by atoms with Crippen molar-refractivity contribution >= 4 is 17.9 Å². The third-order valence-electron chi connectivity index (χ3n) is 3.30. The summed E-state index contributed by atoms with van der Waals surface area (Å²) in [5.41, 5.74) is 2.73. The van der Waals surface area contributed by atoms with Gasteiger partial charge >= 0.3 is 12.2 Å². The van der Waals surface area contributed by atoms with E-state index in [1.807, 2.05) is 45.9 Å². The molecule has 0 bridgehead atoms. The van der Waals surface area contributed by atoms with E-state index < -0.39 is 12.2 Å². The topological polar surface area (TPSA) is 76.7 Å². The van der Waals surface area contributed by atoms with Gasteiger partial charge in [0.25, 0.3) is 0 Å². The zero-order valence-electron chi connectivity index (χ0n) is 14.3. The minimum atomic E-state index is -0.541. The molecule has 1 aromatic rings. The number of ether oxygens (including phenoxy) is 2. The summed E-state index contributed by atoms with van der Waals surface area (Å²) in [7, 11) is 0. The summed E-state index contributed by atoms with van der Waals surface area (Å²) in [6.07, 6.45) is 0.370. The summed E-state index contributed by atoms with van der Waals surface area (Å²) < 4.78 is 10.1. The Morgan fingerprint density at radius 1 is 1.13 bits per heavy atom. The fourth-order valence-corrected chi connectivity index (χ4v) is 1.86. The maximum Gasteiger partial charge on any atom is 0.411 e. The lowest BCUT2D eigenvalue weighted by atomic mass is 10.1. The van der Waals surface area contributed by atoms with Crippen LogP contribution in [0.25, 0.3) is 0 Å². The average molecular weight is 322 g/mol. The van der Waals surface area contributed by atoms with Crippen molar-refractivity contribution in [2.24, 2.45) is 0 Å². The lowest BCUT2D eigenvalue weighted by Crippen LogP contribution is -2.39. The molecule has 6 nitrogen and oxygen atoms in total. The second-order valence-electron chi connectivity index (χ2n) is 5.43. The number of alkyl carbamates (subject to hydrolysis) is 1. The maximum absolute atomic E-state index is 11.9. The molecule has 2 amide bonds. The van der Waals surface area contributed by atoms with Gasteiger partial charge in [-0.2, -0.15) is 0 Å². The van der Waals surface area contributed by atoms with Crippen LogP contribution < -0.4 is 10.6 Å². The molecular weight excluding hydrogens is 296 g/mol. The van der Waals surface area contributed by atoms with Gasteiger partial charge in [-0.15, -0.1) is 0 Å². The summed E-state index contributed by atoms with van der Waals surface area (Å²) in [6, 6.07) is 5.52. The van der Waals surface area contributed by atoms with Crippen LogP contribution in [0.4, 0.5) is 15.3 Å². The number of carbonyl (C=O) groups excluding carboxylic acids is 2. The molecule has 0 aliphatic carbocycles. The van der Waals surface area contributed by atoms with E-state index in [-0.39, 0.29) is 12.6 Å². The highest BCUT2D eigenvalue weighted by molar-refractivity contribution is 5.85. The number of amides is 2. The number of carbonyl (C=O) groups is 2. The molecular formula is C17H26N2O4. The van der Waals surface area contributed by atoms with Crippen molar-refractivity contribution in [3.8, 4) is 0 Å². The normalized spacial score (nSPS) is 11.5. The monoisotopic (exact) mass is 322 g/mol. The smallest absolute Gasteiger partial charge is 0.411 e. The summed E-state index contributed by atoms with van der Waals surface area (Å²) in [4.78, 5) is 23.4. The molecule has 1 rings (SSSR count). The highest BCUT2D eigenvalue weighted by Crippen LogP contribution is 2.16. The van der Waals surface area contributed by atoms with Crippen LogP contribution in [0.2, 0.25) is 0 Å². The van der Waals surface area contributed by atoms with Crippen LogP contribution in [0, 0.1) is 13.8 Å². The predicted molar refractivity (Wildman–Crippen MR) is 89.7 cm³/mol. The third-order valence-corrected chi connectivity index (χ3v) is 3.30. The number of benzene rings is 1. The molecule has 23 heavy (non-hydrogen) atoms. The molecule has 0 fully saturated rings. The Labute approximate surface area is 137 Å². The largest absolute Gasteiger partial charge is 0.450 e. The van der Waals surface area contributed by atoms with Gasteiger partial charge in [0.1, 0.15) is 6.61 Å². The Hall–Kier alpha value is -2.24. The van der Waals surface area contributed by atoms with Gasteiger partial charge in [-0.1, -0.05) is 26.0 Å². The lowest BCUT2D eigenvalue weighted by Gasteiger charge is -2.17. The van der Waals surface area contributed by atoms with Gasteiger partial charge in [-0.25, -0.2) is 9.59 Å². The van der Waals surface area contributed by atoms with E-state index in [0.29, 0.717) is 13.0 Å². The third kappa shape index (κ3) is 7.04. The highest BCUT2D eigenvalue weighted by Gasteiger charge is 2.14. The minimum Gasteiger partial charge on any atom is -0.450 e. The number of hydrogen-bond donors (Lipinski definition) is 2. The Bertz CT molecular complexity index is 531. The molecule has 6 heteroatoms. The van der Waals surface area contributed by atoms with Gasteiger partial charge < -0.3 is 14.8 Å². The van der Waals surface area contributed by atoms with Crippen molar-refractivity contribution in [3.05, 3.63) is 29.3 Å². The summed E-state index contributed by atoms with van der Waals surface area (Å²) >= 11 is 0. The molecule has 0 saturated carbocycles. The molecule has 0 aliphatic rings. The molecule has 0 spiro atoms. The van der Waals surface area contributed by atoms with Crippen LogP contribution in [-0.2, 0) is 9.47 Å². The zero-order chi connectivity index (χ0) is 17.2. The van der Waals surface area contributed by atoms with Crippen LogP contribution in [0.5, 0.6) is 0 Å². The van der Waals surface area contributed by atoms with Gasteiger partial charge in [0.15, 0.2) is 0 Å². The molecule has 0 unspecified atom stereocenters. The lowest BCUT2D eigenvalue weighted by molar-refractivity contribution is 0.124. The quantitative estimate of drug-likeness (QED) is 0.801. The van der Waals surface area contributed by atoms with Gasteiger partial charge in [-0.3, -0.25) is 5.32 Å². The average Bonchev–Trinajstić information content (AvgIpc) is 2.52. The molecule has 2 N–H and O–H groups in total. The van der Waals surface area contributed by atoms with Crippen molar-refractivity contribution in [1.29, 1.82) is 0 Å². The van der Waals surface area contributed by atoms with Crippen LogP contribution in [0.3, 0.4) is 0 Å². The van der Waals surface area contributed by atoms with Crippen molar-refractivity contribution < 1.29 is 19.1 Å². The van der Waals surface area contributed by atoms with Crippen LogP contribution in [-0.4, -0.2) is 31.4 Å².